The topological polar surface area (TPSA) is 25.4 Å². The van der Waals surface area contributed by atoms with Crippen molar-refractivity contribution in [3.63, 3.8) is 0 Å². The van der Waals surface area contributed by atoms with Crippen molar-refractivity contribution in [2.75, 3.05) is 20.2 Å². The van der Waals surface area contributed by atoms with Crippen molar-refractivity contribution >= 4 is 27.3 Å². The van der Waals surface area contributed by atoms with Gasteiger partial charge < -0.3 is 9.64 Å². The second-order valence-electron chi connectivity index (χ2n) is 3.85. The molecule has 0 radical (unpaired) electrons. The van der Waals surface area contributed by atoms with Crippen LogP contribution >= 0.6 is 27.3 Å². The Balaban J connectivity index is 1.70. The Kier molecular flexibility index (Phi) is 3.99. The van der Waals surface area contributed by atoms with E-state index in [9.17, 15) is 0 Å². The van der Waals surface area contributed by atoms with Crippen LogP contribution in [0.3, 0.4) is 0 Å². The highest BCUT2D eigenvalue weighted by Gasteiger charge is 2.20. The molecule has 1 aromatic heterocycles. The van der Waals surface area contributed by atoms with Gasteiger partial charge in [0, 0.05) is 11.4 Å². The molecule has 5 heteroatoms. The van der Waals surface area contributed by atoms with Gasteiger partial charge >= 0.3 is 0 Å². The van der Waals surface area contributed by atoms with E-state index >= 15 is 0 Å². The number of likely N-dealkylation sites (tertiary alicyclic amines) is 1. The molecule has 1 aliphatic heterocycles. The molecular weight excluding hydrogens is 276 g/mol. The molecule has 1 unspecified atom stereocenters. The summed E-state index contributed by atoms with van der Waals surface area (Å²) in [6.45, 7) is 2.00. The van der Waals surface area contributed by atoms with Crippen molar-refractivity contribution in [2.24, 2.45) is 0 Å². The average Bonchev–Trinajstić information content (AvgIpc) is 2.77. The van der Waals surface area contributed by atoms with E-state index in [-0.39, 0.29) is 0 Å². The Morgan fingerprint density at radius 1 is 1.73 bits per heavy atom. The molecule has 1 aromatic rings. The monoisotopic (exact) mass is 290 g/mol. The summed E-state index contributed by atoms with van der Waals surface area (Å²) in [6, 6.07) is 0.702. The van der Waals surface area contributed by atoms with E-state index in [1.165, 1.54) is 30.7 Å². The molecule has 0 spiro atoms. The van der Waals surface area contributed by atoms with Gasteiger partial charge in [0.2, 0.25) is 0 Å². The van der Waals surface area contributed by atoms with Crippen LogP contribution in [0, 0.1) is 0 Å². The van der Waals surface area contributed by atoms with Gasteiger partial charge in [0.25, 0.3) is 5.19 Å². The Morgan fingerprint density at radius 3 is 3.20 bits per heavy atom. The van der Waals surface area contributed by atoms with Crippen LogP contribution in [0.25, 0.3) is 0 Å². The second kappa shape index (κ2) is 5.27. The summed E-state index contributed by atoms with van der Waals surface area (Å²) >= 11 is 4.85. The number of hydrogen-bond donors (Lipinski definition) is 0. The van der Waals surface area contributed by atoms with E-state index in [0.717, 1.165) is 22.8 Å². The van der Waals surface area contributed by atoms with Gasteiger partial charge in [-0.1, -0.05) is 11.3 Å². The van der Waals surface area contributed by atoms with Crippen LogP contribution in [0.4, 0.5) is 0 Å². The van der Waals surface area contributed by atoms with E-state index in [1.54, 1.807) is 0 Å². The van der Waals surface area contributed by atoms with Gasteiger partial charge in [0.1, 0.15) is 4.60 Å². The molecule has 1 fully saturated rings. The van der Waals surface area contributed by atoms with Crippen LogP contribution < -0.4 is 4.74 Å². The van der Waals surface area contributed by atoms with Gasteiger partial charge in [-0.05, 0) is 48.8 Å². The number of nitrogens with zero attached hydrogens (tertiary/aromatic N) is 2. The third-order valence-corrected chi connectivity index (χ3v) is 4.26. The predicted octanol–water partition coefficient (Wildman–Crippen LogP) is 2.77. The number of thiazole rings is 1. The summed E-state index contributed by atoms with van der Waals surface area (Å²) in [6.07, 6.45) is 3.74. The van der Waals surface area contributed by atoms with Gasteiger partial charge in [0.05, 0.1) is 6.61 Å². The van der Waals surface area contributed by atoms with Gasteiger partial charge in [-0.2, -0.15) is 4.98 Å². The van der Waals surface area contributed by atoms with Gasteiger partial charge in [-0.25, -0.2) is 0 Å². The Bertz CT molecular complexity index is 318. The van der Waals surface area contributed by atoms with Crippen LogP contribution in [-0.2, 0) is 0 Å². The fourth-order valence-corrected chi connectivity index (χ4v) is 3.04. The molecule has 3 nitrogen and oxygen atoms in total. The molecule has 0 saturated carbocycles. The fourth-order valence-electron chi connectivity index (χ4n) is 1.93. The molecular formula is C10H15BrN2OS. The maximum Gasteiger partial charge on any atom is 0.274 e. The maximum absolute atomic E-state index is 5.59. The van der Waals surface area contributed by atoms with E-state index in [0.29, 0.717) is 6.04 Å². The van der Waals surface area contributed by atoms with E-state index in [2.05, 4.69) is 32.9 Å². The summed E-state index contributed by atoms with van der Waals surface area (Å²) in [5, 5.41) is 2.71. The zero-order valence-corrected chi connectivity index (χ0v) is 11.2. The molecule has 0 N–H and O–H groups in total. The minimum atomic E-state index is 0.702. The molecule has 0 amide bonds. The SMILES string of the molecule is CN1CCCC1CCOc1nc(Br)cs1. The average molecular weight is 291 g/mol. The van der Waals surface area contributed by atoms with Crippen molar-refractivity contribution in [1.29, 1.82) is 0 Å². The molecule has 0 aromatic carbocycles. The first kappa shape index (κ1) is 11.4. The quantitative estimate of drug-likeness (QED) is 0.853. The number of aromatic nitrogens is 1. The molecule has 0 aliphatic carbocycles. The van der Waals surface area contributed by atoms with E-state index in [4.69, 9.17) is 4.74 Å². The Morgan fingerprint density at radius 2 is 2.60 bits per heavy atom. The van der Waals surface area contributed by atoms with E-state index in [1.807, 2.05) is 5.38 Å². The minimum absolute atomic E-state index is 0.702. The molecule has 15 heavy (non-hydrogen) atoms. The summed E-state index contributed by atoms with van der Waals surface area (Å²) in [7, 11) is 2.19. The molecule has 1 aliphatic rings. The smallest absolute Gasteiger partial charge is 0.274 e. The lowest BCUT2D eigenvalue weighted by Gasteiger charge is -2.18. The highest BCUT2D eigenvalue weighted by atomic mass is 79.9. The number of rotatable bonds is 4. The van der Waals surface area contributed by atoms with Gasteiger partial charge in [0.15, 0.2) is 0 Å². The molecule has 1 atom stereocenters. The third kappa shape index (κ3) is 3.16. The fraction of sp³-hybridized carbons (Fsp3) is 0.700. The highest BCUT2D eigenvalue weighted by molar-refractivity contribution is 9.10. The molecule has 2 rings (SSSR count). The van der Waals surface area contributed by atoms with Gasteiger partial charge in [-0.3, -0.25) is 0 Å². The lowest BCUT2D eigenvalue weighted by Crippen LogP contribution is -2.26. The Hall–Kier alpha value is -0.130. The number of halogens is 1. The lowest BCUT2D eigenvalue weighted by molar-refractivity contribution is 0.232. The first-order valence-corrected chi connectivity index (χ1v) is 6.87. The van der Waals surface area contributed by atoms with Crippen molar-refractivity contribution in [3.8, 4) is 5.19 Å². The standard InChI is InChI=1S/C10H15BrN2OS/c1-13-5-2-3-8(13)4-6-14-10-12-9(11)7-15-10/h7-8H,2-6H2,1H3. The van der Waals surface area contributed by atoms with Crippen molar-refractivity contribution in [3.05, 3.63) is 9.98 Å². The third-order valence-electron chi connectivity index (χ3n) is 2.80. The van der Waals surface area contributed by atoms with Gasteiger partial charge in [-0.15, -0.1) is 0 Å². The highest BCUT2D eigenvalue weighted by Crippen LogP contribution is 2.23. The van der Waals surface area contributed by atoms with Crippen LogP contribution in [-0.4, -0.2) is 36.1 Å². The maximum atomic E-state index is 5.59. The second-order valence-corrected chi connectivity index (χ2v) is 5.48. The first-order valence-electron chi connectivity index (χ1n) is 5.20. The molecule has 0 bridgehead atoms. The largest absolute Gasteiger partial charge is 0.470 e. The lowest BCUT2D eigenvalue weighted by atomic mass is 10.2. The number of hydrogen-bond acceptors (Lipinski definition) is 4. The summed E-state index contributed by atoms with van der Waals surface area (Å²) in [5.41, 5.74) is 0. The van der Waals surface area contributed by atoms with Crippen molar-refractivity contribution in [1.82, 2.24) is 9.88 Å². The molecule has 2 heterocycles. The van der Waals surface area contributed by atoms with Crippen LogP contribution in [0.15, 0.2) is 9.98 Å². The Labute approximate surface area is 103 Å². The minimum Gasteiger partial charge on any atom is -0.470 e. The zero-order chi connectivity index (χ0) is 10.7. The van der Waals surface area contributed by atoms with E-state index < -0.39 is 0 Å². The van der Waals surface area contributed by atoms with Crippen LogP contribution in [0.2, 0.25) is 0 Å². The van der Waals surface area contributed by atoms with Crippen molar-refractivity contribution < 1.29 is 4.74 Å². The number of ether oxygens (including phenoxy) is 1. The molecule has 1 saturated heterocycles. The van der Waals surface area contributed by atoms with Crippen LogP contribution in [0.1, 0.15) is 19.3 Å². The normalized spacial score (nSPS) is 22.1. The van der Waals surface area contributed by atoms with Crippen molar-refractivity contribution in [2.45, 2.75) is 25.3 Å². The first-order chi connectivity index (χ1) is 7.25. The summed E-state index contributed by atoms with van der Waals surface area (Å²) < 4.78 is 6.45. The van der Waals surface area contributed by atoms with Crippen LogP contribution in [0.5, 0.6) is 5.19 Å². The molecule has 84 valence electrons. The summed E-state index contributed by atoms with van der Waals surface area (Å²) in [4.78, 5) is 6.61. The zero-order valence-electron chi connectivity index (χ0n) is 8.78. The predicted molar refractivity (Wildman–Crippen MR) is 65.6 cm³/mol. The summed E-state index contributed by atoms with van der Waals surface area (Å²) in [5.74, 6) is 0.